The van der Waals surface area contributed by atoms with Crippen LogP contribution in [0.3, 0.4) is 0 Å². The molecule has 0 aliphatic rings. The van der Waals surface area contributed by atoms with Gasteiger partial charge in [-0.05, 0) is 49.6 Å². The molecule has 2 nitrogen and oxygen atoms in total. The zero-order valence-electron chi connectivity index (χ0n) is 13.2. The van der Waals surface area contributed by atoms with Crippen molar-refractivity contribution in [2.45, 2.75) is 26.8 Å². The van der Waals surface area contributed by atoms with Gasteiger partial charge in [-0.1, -0.05) is 29.8 Å². The lowest BCUT2D eigenvalue weighted by Gasteiger charge is -2.31. The standard InChI is InChI=1S/C18H23FN2/c1-12-5-8-17(14(3)9-12)21(4)18(11-20)15-7-6-13(2)16(19)10-15/h5-10,18H,11,20H2,1-4H3. The van der Waals surface area contributed by atoms with Crippen molar-refractivity contribution in [2.24, 2.45) is 5.73 Å². The Bertz CT molecular complexity index is 637. The first kappa shape index (κ1) is 15.5. The number of aryl methyl sites for hydroxylation is 3. The molecule has 0 aliphatic heterocycles. The summed E-state index contributed by atoms with van der Waals surface area (Å²) < 4.78 is 13.8. The minimum Gasteiger partial charge on any atom is -0.366 e. The fourth-order valence-electron chi connectivity index (χ4n) is 2.70. The number of anilines is 1. The normalized spacial score (nSPS) is 12.3. The van der Waals surface area contributed by atoms with Gasteiger partial charge in [-0.25, -0.2) is 4.39 Å². The van der Waals surface area contributed by atoms with Gasteiger partial charge in [0.2, 0.25) is 0 Å². The molecule has 2 rings (SSSR count). The Hall–Kier alpha value is -1.87. The maximum atomic E-state index is 13.8. The number of hydrogen-bond donors (Lipinski definition) is 1. The molecule has 0 amide bonds. The van der Waals surface area contributed by atoms with E-state index >= 15 is 0 Å². The molecule has 1 atom stereocenters. The van der Waals surface area contributed by atoms with Crippen LogP contribution in [0.5, 0.6) is 0 Å². The summed E-state index contributed by atoms with van der Waals surface area (Å²) in [5.41, 5.74) is 11.1. The molecule has 2 N–H and O–H groups in total. The first-order valence-corrected chi connectivity index (χ1v) is 7.20. The smallest absolute Gasteiger partial charge is 0.126 e. The lowest BCUT2D eigenvalue weighted by Crippen LogP contribution is -2.31. The molecule has 2 aromatic rings. The zero-order valence-corrected chi connectivity index (χ0v) is 13.2. The van der Waals surface area contributed by atoms with E-state index in [0.29, 0.717) is 12.1 Å². The highest BCUT2D eigenvalue weighted by Crippen LogP contribution is 2.29. The van der Waals surface area contributed by atoms with Crippen LogP contribution in [-0.4, -0.2) is 13.6 Å². The number of hydrogen-bond acceptors (Lipinski definition) is 2. The van der Waals surface area contributed by atoms with E-state index in [1.54, 1.807) is 13.0 Å². The lowest BCUT2D eigenvalue weighted by atomic mass is 10.0. The van der Waals surface area contributed by atoms with Crippen LogP contribution in [0.25, 0.3) is 0 Å². The number of halogens is 1. The molecule has 1 unspecified atom stereocenters. The van der Waals surface area contributed by atoms with Gasteiger partial charge in [0.25, 0.3) is 0 Å². The Morgan fingerprint density at radius 2 is 1.76 bits per heavy atom. The van der Waals surface area contributed by atoms with Crippen LogP contribution in [0.1, 0.15) is 28.3 Å². The molecule has 0 spiro atoms. The zero-order chi connectivity index (χ0) is 15.6. The van der Waals surface area contributed by atoms with E-state index < -0.39 is 0 Å². The Labute approximate surface area is 126 Å². The molecule has 0 heterocycles. The van der Waals surface area contributed by atoms with E-state index in [9.17, 15) is 4.39 Å². The van der Waals surface area contributed by atoms with Crippen LogP contribution in [0.2, 0.25) is 0 Å². The summed E-state index contributed by atoms with van der Waals surface area (Å²) in [7, 11) is 2.01. The highest BCUT2D eigenvalue weighted by Gasteiger charge is 2.18. The molecule has 0 aliphatic carbocycles. The van der Waals surface area contributed by atoms with Crippen LogP contribution in [0, 0.1) is 26.6 Å². The van der Waals surface area contributed by atoms with E-state index in [1.165, 1.54) is 11.1 Å². The maximum absolute atomic E-state index is 13.8. The Kier molecular flexibility index (Phi) is 4.63. The second-order valence-corrected chi connectivity index (χ2v) is 5.66. The van der Waals surface area contributed by atoms with E-state index in [1.807, 2.05) is 19.2 Å². The van der Waals surface area contributed by atoms with Crippen molar-refractivity contribution in [1.82, 2.24) is 0 Å². The molecule has 0 fully saturated rings. The third kappa shape index (κ3) is 3.24. The van der Waals surface area contributed by atoms with Crippen molar-refractivity contribution in [3.8, 4) is 0 Å². The molecule has 0 bridgehead atoms. The molecule has 2 aromatic carbocycles. The van der Waals surface area contributed by atoms with Gasteiger partial charge in [0.05, 0.1) is 6.04 Å². The SMILES string of the molecule is Cc1ccc(N(C)C(CN)c2ccc(C)c(F)c2)c(C)c1. The van der Waals surface area contributed by atoms with Crippen molar-refractivity contribution in [2.75, 3.05) is 18.5 Å². The molecule has 3 heteroatoms. The van der Waals surface area contributed by atoms with Gasteiger partial charge in [0.15, 0.2) is 0 Å². The number of benzene rings is 2. The molecule has 0 saturated carbocycles. The van der Waals surface area contributed by atoms with Crippen molar-refractivity contribution in [3.63, 3.8) is 0 Å². The van der Waals surface area contributed by atoms with Crippen LogP contribution in [0.4, 0.5) is 10.1 Å². The Morgan fingerprint density at radius 1 is 1.05 bits per heavy atom. The van der Waals surface area contributed by atoms with Crippen molar-refractivity contribution in [1.29, 1.82) is 0 Å². The van der Waals surface area contributed by atoms with E-state index in [4.69, 9.17) is 5.73 Å². The first-order chi connectivity index (χ1) is 9.93. The quantitative estimate of drug-likeness (QED) is 0.924. The fraction of sp³-hybridized carbons (Fsp3) is 0.333. The van der Waals surface area contributed by atoms with Gasteiger partial charge >= 0.3 is 0 Å². The second-order valence-electron chi connectivity index (χ2n) is 5.66. The number of nitrogens with zero attached hydrogens (tertiary/aromatic N) is 1. The molecule has 112 valence electrons. The van der Waals surface area contributed by atoms with Crippen molar-refractivity contribution < 1.29 is 4.39 Å². The predicted molar refractivity (Wildman–Crippen MR) is 87.3 cm³/mol. The minimum atomic E-state index is -0.181. The second kappa shape index (κ2) is 6.27. The van der Waals surface area contributed by atoms with Crippen LogP contribution >= 0.6 is 0 Å². The van der Waals surface area contributed by atoms with Gasteiger partial charge in [-0.3, -0.25) is 0 Å². The van der Waals surface area contributed by atoms with Gasteiger partial charge in [0.1, 0.15) is 5.82 Å². The number of nitrogens with two attached hydrogens (primary N) is 1. The summed E-state index contributed by atoms with van der Waals surface area (Å²) in [4.78, 5) is 2.12. The van der Waals surface area contributed by atoms with Gasteiger partial charge in [-0.2, -0.15) is 0 Å². The number of rotatable bonds is 4. The first-order valence-electron chi connectivity index (χ1n) is 7.20. The molecule has 0 aromatic heterocycles. The molecule has 21 heavy (non-hydrogen) atoms. The average molecular weight is 286 g/mol. The lowest BCUT2D eigenvalue weighted by molar-refractivity contribution is 0.607. The maximum Gasteiger partial charge on any atom is 0.126 e. The van der Waals surface area contributed by atoms with Crippen LogP contribution in [-0.2, 0) is 0 Å². The summed E-state index contributed by atoms with van der Waals surface area (Å²) in [6, 6.07) is 11.6. The molecular formula is C18H23FN2. The Balaban J connectivity index is 2.37. The monoisotopic (exact) mass is 286 g/mol. The van der Waals surface area contributed by atoms with E-state index in [2.05, 4.69) is 36.9 Å². The highest BCUT2D eigenvalue weighted by molar-refractivity contribution is 5.55. The topological polar surface area (TPSA) is 29.3 Å². The Morgan fingerprint density at radius 3 is 2.33 bits per heavy atom. The summed E-state index contributed by atoms with van der Waals surface area (Å²) in [6.45, 7) is 6.37. The van der Waals surface area contributed by atoms with Crippen LogP contribution in [0.15, 0.2) is 36.4 Å². The largest absolute Gasteiger partial charge is 0.366 e. The summed E-state index contributed by atoms with van der Waals surface area (Å²) >= 11 is 0. The highest BCUT2D eigenvalue weighted by atomic mass is 19.1. The fourth-order valence-corrected chi connectivity index (χ4v) is 2.70. The van der Waals surface area contributed by atoms with Crippen molar-refractivity contribution >= 4 is 5.69 Å². The molecule has 0 saturated heterocycles. The third-order valence-electron chi connectivity index (χ3n) is 4.00. The molecular weight excluding hydrogens is 263 g/mol. The minimum absolute atomic E-state index is 0.0403. The third-order valence-corrected chi connectivity index (χ3v) is 4.00. The van der Waals surface area contributed by atoms with Gasteiger partial charge < -0.3 is 10.6 Å². The summed E-state index contributed by atoms with van der Waals surface area (Å²) in [6.07, 6.45) is 0. The average Bonchev–Trinajstić information content (AvgIpc) is 2.43. The molecule has 0 radical (unpaired) electrons. The van der Waals surface area contributed by atoms with Gasteiger partial charge in [-0.15, -0.1) is 0 Å². The van der Waals surface area contributed by atoms with Crippen molar-refractivity contribution in [3.05, 3.63) is 64.5 Å². The number of likely N-dealkylation sites (N-methyl/N-ethyl adjacent to an activating group) is 1. The summed E-state index contributed by atoms with van der Waals surface area (Å²) in [5.74, 6) is -0.181. The van der Waals surface area contributed by atoms with E-state index in [0.717, 1.165) is 11.3 Å². The predicted octanol–water partition coefficient (Wildman–Crippen LogP) is 3.89. The van der Waals surface area contributed by atoms with Gasteiger partial charge in [0, 0.05) is 19.3 Å². The van der Waals surface area contributed by atoms with E-state index in [-0.39, 0.29) is 11.9 Å². The van der Waals surface area contributed by atoms with Crippen LogP contribution < -0.4 is 10.6 Å². The summed E-state index contributed by atoms with van der Waals surface area (Å²) in [5, 5.41) is 0.